The molecule has 146 valence electrons. The molecule has 1 N–H and O–H groups in total. The van der Waals surface area contributed by atoms with Crippen molar-refractivity contribution in [2.24, 2.45) is 0 Å². The van der Waals surface area contributed by atoms with Gasteiger partial charge in [0.15, 0.2) is 13.2 Å². The minimum Gasteiger partial charge on any atom is -0.487 e. The van der Waals surface area contributed by atoms with Gasteiger partial charge in [-0.3, -0.25) is 0 Å². The highest BCUT2D eigenvalue weighted by molar-refractivity contribution is 5.56. The maximum atomic E-state index is 12.9. The van der Waals surface area contributed by atoms with Gasteiger partial charge >= 0.3 is 18.5 Å². The van der Waals surface area contributed by atoms with Gasteiger partial charge in [0.2, 0.25) is 0 Å². The molecule has 0 atom stereocenters. The Labute approximate surface area is 148 Å². The van der Waals surface area contributed by atoms with E-state index < -0.39 is 48.8 Å². The van der Waals surface area contributed by atoms with E-state index in [1.165, 1.54) is 12.1 Å². The van der Waals surface area contributed by atoms with Gasteiger partial charge in [-0.25, -0.2) is 8.78 Å². The molecule has 0 radical (unpaired) electrons. The van der Waals surface area contributed by atoms with E-state index in [0.29, 0.717) is 0 Å². The molecule has 0 amide bonds. The van der Waals surface area contributed by atoms with Gasteiger partial charge in [-0.2, -0.15) is 32.5 Å². The maximum Gasteiger partial charge on any atom is 0.422 e. The van der Waals surface area contributed by atoms with Gasteiger partial charge in [0, 0.05) is 30.1 Å². The Kier molecular flexibility index (Phi) is 7.28. The van der Waals surface area contributed by atoms with Crippen molar-refractivity contribution in [3.63, 3.8) is 0 Å². The van der Waals surface area contributed by atoms with Crippen molar-refractivity contribution in [1.29, 1.82) is 10.5 Å². The second-order valence-corrected chi connectivity index (χ2v) is 4.87. The fourth-order valence-corrected chi connectivity index (χ4v) is 1.47. The first kappa shape index (κ1) is 21.9. The first-order valence-corrected chi connectivity index (χ1v) is 6.87. The summed E-state index contributed by atoms with van der Waals surface area (Å²) in [5.41, 5.74) is -0.503. The second-order valence-electron chi connectivity index (χ2n) is 4.87. The van der Waals surface area contributed by atoms with Gasteiger partial charge in [-0.1, -0.05) is 0 Å². The highest BCUT2D eigenvalue weighted by Gasteiger charge is 2.41. The van der Waals surface area contributed by atoms with E-state index in [0.717, 1.165) is 24.4 Å². The zero-order valence-electron chi connectivity index (χ0n) is 13.2. The number of nitrogens with zero attached hydrogens (tertiary/aromatic N) is 2. The highest BCUT2D eigenvalue weighted by Crippen LogP contribution is 2.30. The predicted molar refractivity (Wildman–Crippen MR) is 77.4 cm³/mol. The number of hydrogen-bond acceptors (Lipinski definition) is 5. The summed E-state index contributed by atoms with van der Waals surface area (Å²) in [5, 5.41) is 19.6. The third-order valence-electron chi connectivity index (χ3n) is 2.66. The average molecular weight is 397 g/mol. The monoisotopic (exact) mass is 397 g/mol. The van der Waals surface area contributed by atoms with Crippen LogP contribution in [0.15, 0.2) is 30.0 Å². The largest absolute Gasteiger partial charge is 0.487 e. The number of alkyl halides is 7. The van der Waals surface area contributed by atoms with E-state index in [1.807, 2.05) is 0 Å². The van der Waals surface area contributed by atoms with Gasteiger partial charge in [-0.05, 0) is 0 Å². The topological polar surface area (TPSA) is 78.1 Å². The average Bonchev–Trinajstić information content (AvgIpc) is 2.58. The molecule has 1 aromatic rings. The van der Waals surface area contributed by atoms with Crippen molar-refractivity contribution >= 4 is 5.69 Å². The molecule has 0 fully saturated rings. The van der Waals surface area contributed by atoms with Crippen LogP contribution in [0.1, 0.15) is 0 Å². The minimum absolute atomic E-state index is 0.104. The van der Waals surface area contributed by atoms with Gasteiger partial charge in [0.1, 0.15) is 29.2 Å². The lowest BCUT2D eigenvalue weighted by atomic mass is 10.2. The van der Waals surface area contributed by atoms with Crippen molar-refractivity contribution in [3.8, 4) is 23.6 Å². The van der Waals surface area contributed by atoms with E-state index in [4.69, 9.17) is 10.5 Å². The lowest BCUT2D eigenvalue weighted by molar-refractivity contribution is -0.153. The van der Waals surface area contributed by atoms with Crippen LogP contribution in [0.3, 0.4) is 0 Å². The lowest BCUT2D eigenvalue weighted by Gasteiger charge is -2.17. The Morgan fingerprint density at radius 2 is 1.52 bits per heavy atom. The summed E-state index contributed by atoms with van der Waals surface area (Å²) in [6.07, 6.45) is -7.81. The Bertz CT molecular complexity index is 748. The van der Waals surface area contributed by atoms with Crippen LogP contribution >= 0.6 is 0 Å². The van der Waals surface area contributed by atoms with E-state index in [9.17, 15) is 30.7 Å². The molecule has 0 aromatic heterocycles. The predicted octanol–water partition coefficient (Wildman–Crippen LogP) is 4.25. The second kappa shape index (κ2) is 8.98. The Morgan fingerprint density at radius 1 is 1.00 bits per heavy atom. The molecule has 0 spiro atoms. The van der Waals surface area contributed by atoms with Crippen LogP contribution in [0, 0.1) is 22.7 Å². The molecule has 27 heavy (non-hydrogen) atoms. The molecular formula is C15H10F7N3O2. The van der Waals surface area contributed by atoms with Crippen molar-refractivity contribution < 1.29 is 40.2 Å². The number of ether oxygens (including phenoxy) is 2. The van der Waals surface area contributed by atoms with Crippen LogP contribution in [0.4, 0.5) is 36.4 Å². The number of nitrogens with one attached hydrogen (secondary N) is 1. The maximum absolute atomic E-state index is 12.9. The number of nitriles is 2. The van der Waals surface area contributed by atoms with E-state index in [1.54, 1.807) is 0 Å². The molecule has 0 aliphatic rings. The molecular weight excluding hydrogens is 387 g/mol. The van der Waals surface area contributed by atoms with Crippen LogP contribution < -0.4 is 14.8 Å². The molecule has 0 saturated carbocycles. The van der Waals surface area contributed by atoms with Gasteiger partial charge < -0.3 is 14.8 Å². The fraction of sp³-hybridized carbons (Fsp3) is 0.333. The smallest absolute Gasteiger partial charge is 0.422 e. The van der Waals surface area contributed by atoms with Gasteiger partial charge in [0.25, 0.3) is 0 Å². The zero-order chi connectivity index (χ0) is 20.7. The summed E-state index contributed by atoms with van der Waals surface area (Å²) in [5.74, 6) is -5.46. The number of allylic oxidation sites excluding steroid dienone is 1. The molecule has 0 heterocycles. The van der Waals surface area contributed by atoms with Crippen LogP contribution in [0.2, 0.25) is 0 Å². The van der Waals surface area contributed by atoms with Crippen LogP contribution in [0.5, 0.6) is 11.5 Å². The molecule has 0 unspecified atom stereocenters. The normalized spacial score (nSPS) is 11.3. The summed E-state index contributed by atoms with van der Waals surface area (Å²) in [7, 11) is 0. The lowest BCUT2D eigenvalue weighted by Crippen LogP contribution is -2.33. The summed E-state index contributed by atoms with van der Waals surface area (Å²) >= 11 is 0. The zero-order valence-corrected chi connectivity index (χ0v) is 13.2. The summed E-state index contributed by atoms with van der Waals surface area (Å²) in [6, 6.07) is 5.75. The van der Waals surface area contributed by atoms with Crippen molar-refractivity contribution in [2.45, 2.75) is 18.5 Å². The first-order valence-electron chi connectivity index (χ1n) is 6.87. The number of halogens is 7. The van der Waals surface area contributed by atoms with Crippen molar-refractivity contribution in [3.05, 3.63) is 30.0 Å². The van der Waals surface area contributed by atoms with Crippen LogP contribution in [-0.2, 0) is 0 Å². The van der Waals surface area contributed by atoms with E-state index in [-0.39, 0.29) is 5.69 Å². The molecule has 0 aliphatic heterocycles. The number of hydrogen-bond donors (Lipinski definition) is 1. The fourth-order valence-electron chi connectivity index (χ4n) is 1.47. The third kappa shape index (κ3) is 7.73. The Hall–Kier alpha value is -3.15. The summed E-state index contributed by atoms with van der Waals surface area (Å²) in [4.78, 5) is 0. The molecule has 0 aliphatic carbocycles. The number of rotatable bonds is 8. The Balaban J connectivity index is 3.06. The number of benzene rings is 1. The van der Waals surface area contributed by atoms with E-state index >= 15 is 0 Å². The van der Waals surface area contributed by atoms with Crippen molar-refractivity contribution in [1.82, 2.24) is 0 Å². The van der Waals surface area contributed by atoms with Crippen LogP contribution in [0.25, 0.3) is 0 Å². The molecule has 0 saturated heterocycles. The SMILES string of the molecule is N#CC(C#N)=CNc1cc(OCC(F)(F)F)cc(OCC(F)(F)C(F)F)c1. The van der Waals surface area contributed by atoms with Gasteiger partial charge in [-0.15, -0.1) is 0 Å². The van der Waals surface area contributed by atoms with Gasteiger partial charge in [0.05, 0.1) is 0 Å². The quantitative estimate of drug-likeness (QED) is 0.524. The molecule has 1 rings (SSSR count). The Morgan fingerprint density at radius 3 is 1.96 bits per heavy atom. The number of anilines is 1. The molecule has 0 bridgehead atoms. The minimum atomic E-state index is -4.69. The highest BCUT2D eigenvalue weighted by atomic mass is 19.4. The standard InChI is InChI=1S/C15H10F7N3O2/c16-13(17)14(18,19)7-26-11-1-10(25-6-9(4-23)5-24)2-12(3-11)27-8-15(20,21)22/h1-3,6,13,25H,7-8H2. The third-order valence-corrected chi connectivity index (χ3v) is 2.66. The van der Waals surface area contributed by atoms with Crippen molar-refractivity contribution in [2.75, 3.05) is 18.5 Å². The molecule has 12 heteroatoms. The summed E-state index contributed by atoms with van der Waals surface area (Å²) < 4.78 is 95.9. The molecule has 5 nitrogen and oxygen atoms in total. The van der Waals surface area contributed by atoms with Crippen LogP contribution in [-0.4, -0.2) is 31.7 Å². The molecule has 1 aromatic carbocycles. The first-order chi connectivity index (χ1) is 12.5. The summed E-state index contributed by atoms with van der Waals surface area (Å²) in [6.45, 7) is -3.44. The van der Waals surface area contributed by atoms with E-state index in [2.05, 4.69) is 14.8 Å².